The molecule has 6 aromatic rings. The first-order valence-corrected chi connectivity index (χ1v) is 17.2. The fraction of sp³-hybridized carbons (Fsp3) is 0.105. The van der Waals surface area contributed by atoms with Crippen molar-refractivity contribution in [1.82, 2.24) is 9.97 Å². The average molecular weight is 812 g/mol. The van der Waals surface area contributed by atoms with E-state index >= 15 is 0 Å². The van der Waals surface area contributed by atoms with Crippen molar-refractivity contribution >= 4 is 69.0 Å². The summed E-state index contributed by atoms with van der Waals surface area (Å²) < 4.78 is 25.5. The maximum absolute atomic E-state index is 12.7. The molecular formula is C38H29Cl3N2O8S2. The molecule has 6 rings (SSSR count). The van der Waals surface area contributed by atoms with E-state index in [1.165, 1.54) is 20.3 Å². The van der Waals surface area contributed by atoms with E-state index in [4.69, 9.17) is 65.3 Å². The molecule has 1 N–H and O–H groups in total. The van der Waals surface area contributed by atoms with E-state index < -0.39 is 11.3 Å². The van der Waals surface area contributed by atoms with Gasteiger partial charge in [-0.2, -0.15) is 0 Å². The Morgan fingerprint density at radius 3 is 1.60 bits per heavy atom. The Morgan fingerprint density at radius 1 is 0.717 bits per heavy atom. The van der Waals surface area contributed by atoms with E-state index in [0.29, 0.717) is 38.1 Å². The number of aryl methyl sites for hydroxylation is 2. The summed E-state index contributed by atoms with van der Waals surface area (Å²) in [4.78, 5) is 33.0. The number of halogens is 3. The molecule has 0 bridgehead atoms. The molecule has 0 aliphatic heterocycles. The molecule has 10 nitrogen and oxygen atoms in total. The zero-order valence-electron chi connectivity index (χ0n) is 28.4. The zero-order chi connectivity index (χ0) is 38.7. The lowest BCUT2D eigenvalue weighted by Gasteiger charge is -2.12. The van der Waals surface area contributed by atoms with Gasteiger partial charge < -0.3 is 28.2 Å². The molecule has 2 aromatic carbocycles. The maximum atomic E-state index is 12.7. The van der Waals surface area contributed by atoms with E-state index in [2.05, 4.69) is 26.9 Å². The summed E-state index contributed by atoms with van der Waals surface area (Å²) in [5, 5.41) is 10.9. The van der Waals surface area contributed by atoms with E-state index in [9.17, 15) is 14.7 Å². The van der Waals surface area contributed by atoms with Gasteiger partial charge in [0.25, 0.3) is 4.51 Å². The summed E-state index contributed by atoms with van der Waals surface area (Å²) in [6.45, 7) is 3.80. The van der Waals surface area contributed by atoms with Gasteiger partial charge in [0.2, 0.25) is 0 Å². The van der Waals surface area contributed by atoms with Gasteiger partial charge in [0, 0.05) is 81.4 Å². The highest BCUT2D eigenvalue weighted by Crippen LogP contribution is 2.36. The van der Waals surface area contributed by atoms with Gasteiger partial charge in [0.05, 0.1) is 14.2 Å². The molecule has 0 aliphatic rings. The quantitative estimate of drug-likeness (QED) is 0.131. The molecule has 53 heavy (non-hydrogen) atoms. The van der Waals surface area contributed by atoms with Crippen LogP contribution in [0.15, 0.2) is 116 Å². The van der Waals surface area contributed by atoms with Crippen molar-refractivity contribution in [3.05, 3.63) is 140 Å². The highest BCUT2D eigenvalue weighted by molar-refractivity contribution is 7.82. The second-order valence-electron chi connectivity index (χ2n) is 10.7. The molecule has 0 saturated heterocycles. The van der Waals surface area contributed by atoms with Gasteiger partial charge in [-0.15, -0.1) is 0 Å². The van der Waals surface area contributed by atoms with E-state index in [-0.39, 0.29) is 38.1 Å². The zero-order valence-corrected chi connectivity index (χ0v) is 32.3. The Kier molecular flexibility index (Phi) is 14.7. The minimum atomic E-state index is -0.649. The van der Waals surface area contributed by atoms with Crippen molar-refractivity contribution in [1.29, 1.82) is 0 Å². The van der Waals surface area contributed by atoms with Crippen molar-refractivity contribution in [2.75, 3.05) is 14.2 Å². The van der Waals surface area contributed by atoms with Crippen molar-refractivity contribution < 1.29 is 28.2 Å². The van der Waals surface area contributed by atoms with Gasteiger partial charge in [0.1, 0.15) is 28.4 Å². The van der Waals surface area contributed by atoms with Crippen LogP contribution in [-0.4, -0.2) is 39.0 Å². The third-order valence-electron chi connectivity index (χ3n) is 7.05. The van der Waals surface area contributed by atoms with Crippen molar-refractivity contribution in [2.24, 2.45) is 0 Å². The van der Waals surface area contributed by atoms with Crippen LogP contribution in [0.1, 0.15) is 11.1 Å². The fourth-order valence-corrected chi connectivity index (χ4v) is 5.35. The predicted molar refractivity (Wildman–Crippen MR) is 214 cm³/mol. The fourth-order valence-electron chi connectivity index (χ4n) is 4.60. The predicted octanol–water partition coefficient (Wildman–Crippen LogP) is 9.83. The molecule has 0 radical (unpaired) electrons. The van der Waals surface area contributed by atoms with Gasteiger partial charge in [-0.05, 0) is 85.2 Å². The Labute approximate surface area is 329 Å². The SMILES string of the molecule is COC(=S)Cl.COC(=S)Oc1cc(-c2cccnc2)oc(=O)c1-c1ccc(C)cc1Cl.Cc1ccc(-c2c(O)cc(-c3cccnc3)oc2=O)c(Cl)c1. The lowest BCUT2D eigenvalue weighted by molar-refractivity contribution is 0.314. The summed E-state index contributed by atoms with van der Waals surface area (Å²) >= 11 is 26.7. The minimum Gasteiger partial charge on any atom is -0.507 e. The highest BCUT2D eigenvalue weighted by Gasteiger charge is 2.21. The lowest BCUT2D eigenvalue weighted by atomic mass is 10.0. The Bertz CT molecular complexity index is 2360. The van der Waals surface area contributed by atoms with Crippen LogP contribution >= 0.6 is 59.2 Å². The van der Waals surface area contributed by atoms with E-state index in [1.54, 1.807) is 79.4 Å². The first kappa shape index (κ1) is 40.7. The Balaban J connectivity index is 0.000000212. The van der Waals surface area contributed by atoms with Crippen LogP contribution in [0.3, 0.4) is 0 Å². The number of nitrogens with zero attached hydrogens (tertiary/aromatic N) is 2. The monoisotopic (exact) mass is 810 g/mol. The molecule has 0 amide bonds. The molecule has 4 heterocycles. The molecule has 0 unspecified atom stereocenters. The minimum absolute atomic E-state index is 0.0534. The van der Waals surface area contributed by atoms with Crippen molar-refractivity contribution in [3.8, 4) is 56.4 Å². The van der Waals surface area contributed by atoms with Crippen LogP contribution in [0.5, 0.6) is 11.5 Å². The van der Waals surface area contributed by atoms with Gasteiger partial charge in [-0.1, -0.05) is 47.5 Å². The van der Waals surface area contributed by atoms with Crippen LogP contribution in [-0.2, 0) is 9.47 Å². The number of aromatic hydroxyl groups is 1. The number of hydrogen-bond acceptors (Lipinski definition) is 12. The van der Waals surface area contributed by atoms with Crippen molar-refractivity contribution in [3.63, 3.8) is 0 Å². The summed E-state index contributed by atoms with van der Waals surface area (Å²) in [5.74, 6) is 0.560. The second kappa shape index (κ2) is 19.1. The summed E-state index contributed by atoms with van der Waals surface area (Å²) in [5.41, 5.74) is 3.05. The first-order valence-electron chi connectivity index (χ1n) is 15.2. The second-order valence-corrected chi connectivity index (χ2v) is 12.8. The lowest BCUT2D eigenvalue weighted by Crippen LogP contribution is -2.13. The first-order chi connectivity index (χ1) is 25.3. The average Bonchev–Trinajstić information content (AvgIpc) is 3.13. The van der Waals surface area contributed by atoms with Gasteiger partial charge in [-0.3, -0.25) is 9.97 Å². The molecule has 0 spiro atoms. The molecule has 15 heteroatoms. The Hall–Kier alpha value is -5.11. The molecular weight excluding hydrogens is 783 g/mol. The molecule has 4 aromatic heterocycles. The van der Waals surface area contributed by atoms with Crippen LogP contribution in [0.4, 0.5) is 0 Å². The number of benzene rings is 2. The smallest absolute Gasteiger partial charge is 0.357 e. The maximum Gasteiger partial charge on any atom is 0.357 e. The molecule has 0 atom stereocenters. The number of pyridine rings is 2. The van der Waals surface area contributed by atoms with Gasteiger partial charge >= 0.3 is 16.5 Å². The summed E-state index contributed by atoms with van der Waals surface area (Å²) in [6.07, 6.45) is 6.37. The third-order valence-corrected chi connectivity index (χ3v) is 8.24. The van der Waals surface area contributed by atoms with Gasteiger partial charge in [0.15, 0.2) is 5.75 Å². The van der Waals surface area contributed by atoms with E-state index in [0.717, 1.165) is 11.1 Å². The molecule has 272 valence electrons. The normalized spacial score (nSPS) is 10.2. The number of ether oxygens (including phenoxy) is 3. The molecule has 0 aliphatic carbocycles. The molecule has 0 saturated carbocycles. The number of aromatic nitrogens is 2. The highest BCUT2D eigenvalue weighted by atomic mass is 35.5. The number of methoxy groups -OCH3 is 2. The van der Waals surface area contributed by atoms with E-state index in [1.807, 2.05) is 26.0 Å². The third kappa shape index (κ3) is 11.0. The standard InChI is InChI=1S/C19H14ClNO4S.C17H12ClNO3.C2H3ClOS/c1-11-5-6-13(14(20)8-11)17-16(25-19(26)23-2)9-15(24-18(17)22)12-4-3-7-21-10-12;1-10-4-5-12(13(18)7-10)16-14(20)8-15(22-17(16)21)11-3-2-6-19-9-11;1-4-2(3)5/h3-10H,1-2H3;2-9,20H,1H3;1H3. The number of hydrogen-bond donors (Lipinski definition) is 1. The largest absolute Gasteiger partial charge is 0.507 e. The molecule has 0 fully saturated rings. The number of thiocarbonyl (C=S) groups is 2. The topological polar surface area (TPSA) is 134 Å². The summed E-state index contributed by atoms with van der Waals surface area (Å²) in [7, 11) is 2.81. The van der Waals surface area contributed by atoms with Crippen LogP contribution in [0.25, 0.3) is 44.9 Å². The van der Waals surface area contributed by atoms with Crippen LogP contribution < -0.4 is 16.0 Å². The van der Waals surface area contributed by atoms with Crippen LogP contribution in [0, 0.1) is 13.8 Å². The summed E-state index contributed by atoms with van der Waals surface area (Å²) in [6, 6.07) is 20.5. The number of rotatable bonds is 5. The Morgan fingerprint density at radius 2 is 1.19 bits per heavy atom. The van der Waals surface area contributed by atoms with Crippen molar-refractivity contribution in [2.45, 2.75) is 13.8 Å². The van der Waals surface area contributed by atoms with Gasteiger partial charge in [-0.25, -0.2) is 9.59 Å². The van der Waals surface area contributed by atoms with Crippen LogP contribution in [0.2, 0.25) is 10.0 Å².